The number of hydrogen-bond acceptors (Lipinski definition) is 5. The van der Waals surface area contributed by atoms with E-state index in [1.54, 1.807) is 16.8 Å². The van der Waals surface area contributed by atoms with Gasteiger partial charge in [-0.2, -0.15) is 32.1 Å². The summed E-state index contributed by atoms with van der Waals surface area (Å²) in [5.41, 5.74) is 0.191. The fourth-order valence-electron chi connectivity index (χ4n) is 3.35. The predicted molar refractivity (Wildman–Crippen MR) is 95.1 cm³/mol. The van der Waals surface area contributed by atoms with Gasteiger partial charge in [-0.15, -0.1) is 0 Å². The fourth-order valence-corrected chi connectivity index (χ4v) is 3.35. The molecule has 0 radical (unpaired) electrons. The van der Waals surface area contributed by atoms with Crippen LogP contribution in [-0.4, -0.2) is 37.1 Å². The van der Waals surface area contributed by atoms with Crippen LogP contribution in [0.25, 0.3) is 11.3 Å². The summed E-state index contributed by atoms with van der Waals surface area (Å²) in [5, 5.41) is 10.4. The number of hydrogen-bond donors (Lipinski definition) is 1. The molecule has 0 saturated carbocycles. The second-order valence-corrected chi connectivity index (χ2v) is 6.79. The van der Waals surface area contributed by atoms with Crippen molar-refractivity contribution in [2.24, 2.45) is 7.05 Å². The minimum Gasteiger partial charge on any atom is -0.417 e. The lowest BCUT2D eigenvalue weighted by Crippen LogP contribution is -2.28. The lowest BCUT2D eigenvalue weighted by molar-refractivity contribution is -0.141. The van der Waals surface area contributed by atoms with Crippen LogP contribution in [0, 0.1) is 0 Å². The number of halogens is 5. The number of carbonyl (C=O) groups is 1. The van der Waals surface area contributed by atoms with E-state index in [0.29, 0.717) is 36.0 Å². The number of nitrogens with one attached hydrogen (secondary N) is 1. The molecule has 1 amide bonds. The van der Waals surface area contributed by atoms with Gasteiger partial charge >= 0.3 is 12.8 Å². The third-order valence-electron chi connectivity index (χ3n) is 4.75. The van der Waals surface area contributed by atoms with Gasteiger partial charge in [0.25, 0.3) is 5.91 Å². The normalized spacial score (nSPS) is 15.9. The molecule has 31 heavy (non-hydrogen) atoms. The van der Waals surface area contributed by atoms with Crippen molar-refractivity contribution in [1.29, 1.82) is 0 Å². The van der Waals surface area contributed by atoms with E-state index in [1.165, 1.54) is 19.3 Å². The van der Waals surface area contributed by atoms with Crippen LogP contribution in [0.5, 0.6) is 5.88 Å². The zero-order chi connectivity index (χ0) is 22.3. The molecule has 0 fully saturated rings. The number of ether oxygens (including phenoxy) is 1. The third kappa shape index (κ3) is 4.20. The van der Waals surface area contributed by atoms with E-state index >= 15 is 0 Å². The van der Waals surface area contributed by atoms with Gasteiger partial charge in [-0.05, 0) is 18.6 Å². The molecular formula is C18H15F5N6O2. The number of nitrogens with zero attached hydrogens (tertiary/aromatic N) is 5. The molecule has 1 aliphatic rings. The van der Waals surface area contributed by atoms with Crippen molar-refractivity contribution in [3.05, 3.63) is 47.5 Å². The van der Waals surface area contributed by atoms with Crippen molar-refractivity contribution in [3.8, 4) is 17.1 Å². The number of aryl methyl sites for hydroxylation is 2. The Hall–Kier alpha value is -3.51. The molecular weight excluding hydrogens is 427 g/mol. The summed E-state index contributed by atoms with van der Waals surface area (Å²) < 4.78 is 70.1. The zero-order valence-electron chi connectivity index (χ0n) is 15.9. The Morgan fingerprint density at radius 1 is 1.26 bits per heavy atom. The summed E-state index contributed by atoms with van der Waals surface area (Å²) in [7, 11) is 1.25. The van der Waals surface area contributed by atoms with Gasteiger partial charge in [0.1, 0.15) is 5.69 Å². The molecule has 164 valence electrons. The maximum atomic E-state index is 12.8. The van der Waals surface area contributed by atoms with Gasteiger partial charge in [0, 0.05) is 37.5 Å². The van der Waals surface area contributed by atoms with Gasteiger partial charge in [0.2, 0.25) is 5.88 Å². The molecule has 1 N–H and O–H groups in total. The lowest BCUT2D eigenvalue weighted by Gasteiger charge is -2.11. The monoisotopic (exact) mass is 442 g/mol. The van der Waals surface area contributed by atoms with E-state index in [0.717, 1.165) is 4.68 Å². The van der Waals surface area contributed by atoms with E-state index in [-0.39, 0.29) is 11.6 Å². The van der Waals surface area contributed by atoms with Gasteiger partial charge in [-0.3, -0.25) is 14.2 Å². The maximum absolute atomic E-state index is 12.8. The Morgan fingerprint density at radius 2 is 2.03 bits per heavy atom. The van der Waals surface area contributed by atoms with Gasteiger partial charge in [-0.1, -0.05) is 0 Å². The van der Waals surface area contributed by atoms with Crippen LogP contribution in [0.15, 0.2) is 30.5 Å². The minimum atomic E-state index is -4.66. The molecule has 0 bridgehead atoms. The van der Waals surface area contributed by atoms with Crippen molar-refractivity contribution in [2.45, 2.75) is 31.8 Å². The van der Waals surface area contributed by atoms with Gasteiger partial charge < -0.3 is 10.1 Å². The largest absolute Gasteiger partial charge is 0.435 e. The Balaban J connectivity index is 1.53. The number of carbonyl (C=O) groups excluding carboxylic acids is 1. The molecule has 0 spiro atoms. The minimum absolute atomic E-state index is 0.228. The van der Waals surface area contributed by atoms with Crippen LogP contribution >= 0.6 is 0 Å². The number of aromatic nitrogens is 5. The number of amides is 1. The van der Waals surface area contributed by atoms with Crippen molar-refractivity contribution >= 4 is 5.91 Å². The molecule has 8 nitrogen and oxygen atoms in total. The molecule has 1 unspecified atom stereocenters. The number of fused-ring (bicyclic) bond motifs is 1. The number of pyridine rings is 1. The highest BCUT2D eigenvalue weighted by atomic mass is 19.4. The summed E-state index contributed by atoms with van der Waals surface area (Å²) in [6, 6.07) is 4.75. The van der Waals surface area contributed by atoms with E-state index in [4.69, 9.17) is 0 Å². The highest BCUT2D eigenvalue weighted by Crippen LogP contribution is 2.32. The first-order valence-corrected chi connectivity index (χ1v) is 9.03. The van der Waals surface area contributed by atoms with Gasteiger partial charge in [0.05, 0.1) is 17.4 Å². The highest BCUT2D eigenvalue weighted by Gasteiger charge is 2.36. The van der Waals surface area contributed by atoms with Crippen molar-refractivity contribution in [2.75, 3.05) is 0 Å². The standard InChI is InChI=1S/C18H15F5N6O2/c1-28-13(8-14(27-28)18(21,22)23)16(30)25-10-3-5-29-12(10)7-11(26-29)9-2-4-24-15(6-9)31-17(19)20/h2,4,6-8,10,17H,3,5H2,1H3,(H,25,30). The summed E-state index contributed by atoms with van der Waals surface area (Å²) in [5.74, 6) is -0.967. The van der Waals surface area contributed by atoms with Crippen LogP contribution < -0.4 is 10.1 Å². The molecule has 3 aromatic rings. The topological polar surface area (TPSA) is 86.9 Å². The van der Waals surface area contributed by atoms with Crippen LogP contribution in [0.1, 0.15) is 34.3 Å². The molecule has 1 atom stereocenters. The maximum Gasteiger partial charge on any atom is 0.435 e. The Kier molecular flexibility index (Phi) is 5.11. The molecule has 0 saturated heterocycles. The van der Waals surface area contributed by atoms with E-state index in [9.17, 15) is 26.7 Å². The fraction of sp³-hybridized carbons (Fsp3) is 0.333. The van der Waals surface area contributed by atoms with Gasteiger partial charge in [0.15, 0.2) is 5.69 Å². The molecule has 0 aliphatic carbocycles. The SMILES string of the molecule is Cn1nc(C(F)(F)F)cc1C(=O)NC1CCn2nc(-c3ccnc(OC(F)F)c3)cc21. The first kappa shape index (κ1) is 20.8. The average Bonchev–Trinajstić information content (AvgIpc) is 3.36. The molecule has 1 aliphatic heterocycles. The lowest BCUT2D eigenvalue weighted by atomic mass is 10.1. The molecule has 4 heterocycles. The summed E-state index contributed by atoms with van der Waals surface area (Å²) >= 11 is 0. The van der Waals surface area contributed by atoms with Crippen LogP contribution in [0.2, 0.25) is 0 Å². The summed E-state index contributed by atoms with van der Waals surface area (Å²) in [4.78, 5) is 16.2. The van der Waals surface area contributed by atoms with E-state index < -0.39 is 30.4 Å². The number of alkyl halides is 5. The average molecular weight is 442 g/mol. The first-order valence-electron chi connectivity index (χ1n) is 9.03. The van der Waals surface area contributed by atoms with E-state index in [2.05, 4.69) is 25.2 Å². The second kappa shape index (κ2) is 7.63. The van der Waals surface area contributed by atoms with Crippen LogP contribution in [0.3, 0.4) is 0 Å². The summed E-state index contributed by atoms with van der Waals surface area (Å²) in [6.07, 6.45) is -2.86. The second-order valence-electron chi connectivity index (χ2n) is 6.79. The summed E-state index contributed by atoms with van der Waals surface area (Å²) in [6.45, 7) is -2.55. The molecule has 3 aromatic heterocycles. The first-order chi connectivity index (χ1) is 14.6. The van der Waals surface area contributed by atoms with Crippen molar-refractivity contribution in [1.82, 2.24) is 29.9 Å². The molecule has 4 rings (SSSR count). The van der Waals surface area contributed by atoms with Crippen molar-refractivity contribution < 1.29 is 31.5 Å². The Morgan fingerprint density at radius 3 is 2.71 bits per heavy atom. The molecule has 0 aromatic carbocycles. The predicted octanol–water partition coefficient (Wildman–Crippen LogP) is 3.17. The number of rotatable bonds is 5. The third-order valence-corrected chi connectivity index (χ3v) is 4.75. The van der Waals surface area contributed by atoms with Crippen LogP contribution in [0.4, 0.5) is 22.0 Å². The van der Waals surface area contributed by atoms with E-state index in [1.807, 2.05) is 0 Å². The molecule has 13 heteroatoms. The highest BCUT2D eigenvalue weighted by molar-refractivity contribution is 5.93. The quantitative estimate of drug-likeness (QED) is 0.614. The Labute approximate surface area is 171 Å². The van der Waals surface area contributed by atoms with Crippen LogP contribution in [-0.2, 0) is 19.8 Å². The smallest absolute Gasteiger partial charge is 0.417 e. The van der Waals surface area contributed by atoms with Gasteiger partial charge in [-0.25, -0.2) is 4.98 Å². The Bertz CT molecular complexity index is 1120. The van der Waals surface area contributed by atoms with Crippen molar-refractivity contribution in [3.63, 3.8) is 0 Å². The zero-order valence-corrected chi connectivity index (χ0v) is 15.9.